The summed E-state index contributed by atoms with van der Waals surface area (Å²) in [4.78, 5) is 11.1. The van der Waals surface area contributed by atoms with Gasteiger partial charge in [-0.15, -0.1) is 0 Å². The Hall–Kier alpha value is 0.0800. The molecule has 0 aromatic rings. The van der Waals surface area contributed by atoms with Gasteiger partial charge in [-0.25, -0.2) is 4.79 Å². The molecule has 0 saturated heterocycles. The number of hydrogen-bond donors (Lipinski definition) is 2. The van der Waals surface area contributed by atoms with E-state index < -0.39 is 11.4 Å². The summed E-state index contributed by atoms with van der Waals surface area (Å²) in [5.74, 6) is -1.23. The molecule has 0 aromatic heterocycles. The molecule has 0 aromatic carbocycles. The van der Waals surface area contributed by atoms with Crippen LogP contribution in [0.3, 0.4) is 0 Å². The topological polar surface area (TPSA) is 87.6 Å². The van der Waals surface area contributed by atoms with Crippen molar-refractivity contribution in [2.75, 3.05) is 0 Å². The second-order valence-electron chi connectivity index (χ2n) is 5.23. The molecule has 1 unspecified atom stereocenters. The van der Waals surface area contributed by atoms with E-state index in [4.69, 9.17) is 20.9 Å². The van der Waals surface area contributed by atoms with Crippen LogP contribution in [0.1, 0.15) is 53.4 Å². The Kier molecular flexibility index (Phi) is 7.65. The molecule has 6 heteroatoms. The van der Waals surface area contributed by atoms with Crippen molar-refractivity contribution in [2.24, 2.45) is 11.5 Å². The van der Waals surface area contributed by atoms with Crippen LogP contribution in [0.15, 0.2) is 0 Å². The Morgan fingerprint density at radius 2 is 1.83 bits per heavy atom. The van der Waals surface area contributed by atoms with Crippen LogP contribution >= 0.6 is 22.6 Å². The Bertz CT molecular complexity index is 265. The number of ether oxygens (including phenoxy) is 2. The fourth-order valence-corrected chi connectivity index (χ4v) is 2.27. The lowest BCUT2D eigenvalue weighted by atomic mass is 9.95. The van der Waals surface area contributed by atoms with Crippen LogP contribution in [0.25, 0.3) is 0 Å². The maximum atomic E-state index is 11.1. The molecule has 108 valence electrons. The summed E-state index contributed by atoms with van der Waals surface area (Å²) in [5, 5.41) is 0. The van der Waals surface area contributed by atoms with Crippen molar-refractivity contribution < 1.29 is 14.3 Å². The van der Waals surface area contributed by atoms with Crippen molar-refractivity contribution in [1.82, 2.24) is 0 Å². The summed E-state index contributed by atoms with van der Waals surface area (Å²) < 4.78 is 10.5. The predicted molar refractivity (Wildman–Crippen MR) is 80.4 cm³/mol. The molecule has 0 saturated carbocycles. The summed E-state index contributed by atoms with van der Waals surface area (Å²) >= 11 is 1.60. The molecule has 1 atom stereocenters. The summed E-state index contributed by atoms with van der Waals surface area (Å²) in [7, 11) is 0. The third-order valence-corrected chi connectivity index (χ3v) is 2.80. The first kappa shape index (κ1) is 18.1. The Morgan fingerprint density at radius 1 is 1.28 bits per heavy atom. The standard InChI is InChI=1S/C12H25IN2O3/c1-5-6-7-8-9(17-12(4,14)15)11(2,3)18-10(13)16/h9H,5-8,14-15H2,1-4H3. The molecule has 0 aliphatic rings. The zero-order valence-corrected chi connectivity index (χ0v) is 13.8. The van der Waals surface area contributed by atoms with Gasteiger partial charge in [-0.1, -0.05) is 26.2 Å². The molecular formula is C12H25IN2O3. The minimum atomic E-state index is -1.23. The normalized spacial score (nSPS) is 14.4. The van der Waals surface area contributed by atoms with Gasteiger partial charge < -0.3 is 9.47 Å². The SMILES string of the molecule is CCCCCC(OC(C)(N)N)C(C)(C)OC(=O)I. The van der Waals surface area contributed by atoms with Crippen molar-refractivity contribution in [3.63, 3.8) is 0 Å². The average molecular weight is 372 g/mol. The van der Waals surface area contributed by atoms with Crippen LogP contribution in [0, 0.1) is 0 Å². The third-order valence-electron chi connectivity index (χ3n) is 2.58. The van der Waals surface area contributed by atoms with Crippen LogP contribution in [-0.2, 0) is 9.47 Å². The lowest BCUT2D eigenvalue weighted by Gasteiger charge is -2.37. The van der Waals surface area contributed by atoms with E-state index in [1.165, 1.54) is 0 Å². The largest absolute Gasteiger partial charge is 0.449 e. The van der Waals surface area contributed by atoms with Crippen LogP contribution in [-0.4, -0.2) is 21.5 Å². The Labute approximate surface area is 123 Å². The van der Waals surface area contributed by atoms with Gasteiger partial charge in [0.2, 0.25) is 0 Å². The number of carbonyl (C=O) groups is 1. The summed E-state index contributed by atoms with van der Waals surface area (Å²) in [6.07, 6.45) is 3.64. The minimum Gasteiger partial charge on any atom is -0.449 e. The molecule has 0 fully saturated rings. The highest BCUT2D eigenvalue weighted by atomic mass is 127. The summed E-state index contributed by atoms with van der Waals surface area (Å²) in [6, 6.07) is 0. The van der Waals surface area contributed by atoms with E-state index in [2.05, 4.69) is 6.92 Å². The highest BCUT2D eigenvalue weighted by Gasteiger charge is 2.36. The number of halogens is 1. The number of nitrogens with two attached hydrogens (primary N) is 2. The smallest absolute Gasteiger partial charge is 0.367 e. The summed E-state index contributed by atoms with van der Waals surface area (Å²) in [5.41, 5.74) is 10.6. The summed E-state index contributed by atoms with van der Waals surface area (Å²) in [6.45, 7) is 7.33. The van der Waals surface area contributed by atoms with Crippen molar-refractivity contribution in [3.8, 4) is 0 Å². The van der Waals surface area contributed by atoms with Crippen molar-refractivity contribution >= 4 is 26.6 Å². The first-order valence-corrected chi connectivity index (χ1v) is 7.30. The number of hydrogen-bond acceptors (Lipinski definition) is 5. The van der Waals surface area contributed by atoms with E-state index in [9.17, 15) is 4.79 Å². The average Bonchev–Trinajstić information content (AvgIpc) is 2.12. The molecule has 0 bridgehead atoms. The van der Waals surface area contributed by atoms with Crippen LogP contribution in [0.5, 0.6) is 0 Å². The molecule has 0 spiro atoms. The zero-order valence-electron chi connectivity index (χ0n) is 11.7. The quantitative estimate of drug-likeness (QED) is 0.296. The first-order valence-electron chi connectivity index (χ1n) is 6.22. The molecule has 0 heterocycles. The molecule has 18 heavy (non-hydrogen) atoms. The molecule has 0 rings (SSSR count). The highest BCUT2D eigenvalue weighted by Crippen LogP contribution is 2.26. The monoisotopic (exact) mass is 372 g/mol. The second-order valence-corrected chi connectivity index (χ2v) is 6.11. The van der Waals surface area contributed by atoms with Gasteiger partial charge in [-0.05, 0) is 27.2 Å². The molecule has 4 N–H and O–H groups in total. The molecule has 0 aliphatic heterocycles. The van der Waals surface area contributed by atoms with E-state index in [-0.39, 0.29) is 10.1 Å². The van der Waals surface area contributed by atoms with E-state index >= 15 is 0 Å². The molecular weight excluding hydrogens is 347 g/mol. The lowest BCUT2D eigenvalue weighted by molar-refractivity contribution is -0.154. The Balaban J connectivity index is 4.66. The van der Waals surface area contributed by atoms with Gasteiger partial charge in [-0.3, -0.25) is 11.5 Å². The molecule has 5 nitrogen and oxygen atoms in total. The van der Waals surface area contributed by atoms with Crippen molar-refractivity contribution in [3.05, 3.63) is 0 Å². The van der Waals surface area contributed by atoms with E-state index in [1.807, 2.05) is 13.8 Å². The van der Waals surface area contributed by atoms with Gasteiger partial charge in [0.05, 0.1) is 22.6 Å². The van der Waals surface area contributed by atoms with Crippen LogP contribution in [0.4, 0.5) is 4.79 Å². The van der Waals surface area contributed by atoms with Crippen LogP contribution in [0.2, 0.25) is 0 Å². The maximum absolute atomic E-state index is 11.1. The zero-order chi connectivity index (χ0) is 14.4. The van der Waals surface area contributed by atoms with E-state index in [0.29, 0.717) is 0 Å². The van der Waals surface area contributed by atoms with Gasteiger partial charge in [-0.2, -0.15) is 0 Å². The second kappa shape index (κ2) is 7.62. The number of carbonyl (C=O) groups excluding carboxylic acids is 1. The van der Waals surface area contributed by atoms with E-state index in [1.54, 1.807) is 29.5 Å². The number of unbranched alkanes of at least 4 members (excludes halogenated alkanes) is 2. The molecule has 0 amide bonds. The van der Waals surface area contributed by atoms with Crippen LogP contribution < -0.4 is 11.5 Å². The lowest BCUT2D eigenvalue weighted by Crippen LogP contribution is -2.55. The fourth-order valence-electron chi connectivity index (χ4n) is 1.71. The van der Waals surface area contributed by atoms with Gasteiger partial charge in [0.1, 0.15) is 11.7 Å². The van der Waals surface area contributed by atoms with Crippen molar-refractivity contribution in [2.45, 2.75) is 70.9 Å². The third kappa shape index (κ3) is 8.23. The fraction of sp³-hybridized carbons (Fsp3) is 0.917. The molecule has 0 radical (unpaired) electrons. The van der Waals surface area contributed by atoms with Crippen molar-refractivity contribution in [1.29, 1.82) is 0 Å². The predicted octanol–water partition coefficient (Wildman–Crippen LogP) is 2.89. The van der Waals surface area contributed by atoms with Gasteiger partial charge >= 0.3 is 3.98 Å². The number of rotatable bonds is 8. The maximum Gasteiger partial charge on any atom is 0.367 e. The molecule has 0 aliphatic carbocycles. The van der Waals surface area contributed by atoms with Gasteiger partial charge in [0.15, 0.2) is 5.85 Å². The van der Waals surface area contributed by atoms with E-state index in [0.717, 1.165) is 25.7 Å². The van der Waals surface area contributed by atoms with Gasteiger partial charge in [0, 0.05) is 0 Å². The highest BCUT2D eigenvalue weighted by molar-refractivity contribution is 14.1. The Morgan fingerprint density at radius 3 is 2.22 bits per heavy atom. The van der Waals surface area contributed by atoms with Gasteiger partial charge in [0.25, 0.3) is 0 Å². The minimum absolute atomic E-state index is 0.317. The first-order chi connectivity index (χ1) is 8.08.